The van der Waals surface area contributed by atoms with Crippen LogP contribution in [0.5, 0.6) is 0 Å². The van der Waals surface area contributed by atoms with Gasteiger partial charge in [0.25, 0.3) is 0 Å². The summed E-state index contributed by atoms with van der Waals surface area (Å²) < 4.78 is 5.41. The van der Waals surface area contributed by atoms with E-state index in [-0.39, 0.29) is 0 Å². The fraction of sp³-hybridized carbons (Fsp3) is 1.00. The molecule has 52 valence electrons. The largest absolute Gasteiger partial charge is 0.378 e. The molecule has 0 spiro atoms. The quantitative estimate of drug-likeness (QED) is 0.522. The summed E-state index contributed by atoms with van der Waals surface area (Å²) >= 11 is 0. The summed E-state index contributed by atoms with van der Waals surface area (Å²) in [5, 5.41) is 0. The molecule has 0 aromatic heterocycles. The van der Waals surface area contributed by atoms with Crippen molar-refractivity contribution >= 4 is 0 Å². The molecule has 0 N–H and O–H groups in total. The first-order valence-corrected chi connectivity index (χ1v) is 4.08. The standard InChI is InChI=1S/C8H14O/c1-2-4-7(3-1)8-5-6-9-8/h7-8H,1-6H2. The van der Waals surface area contributed by atoms with Crippen LogP contribution in [0.25, 0.3) is 0 Å². The van der Waals surface area contributed by atoms with Crippen molar-refractivity contribution in [2.75, 3.05) is 6.61 Å². The second-order valence-electron chi connectivity index (χ2n) is 3.24. The highest BCUT2D eigenvalue weighted by Gasteiger charge is 2.29. The van der Waals surface area contributed by atoms with Gasteiger partial charge in [-0.25, -0.2) is 0 Å². The third-order valence-corrected chi connectivity index (χ3v) is 2.66. The van der Waals surface area contributed by atoms with Gasteiger partial charge >= 0.3 is 0 Å². The van der Waals surface area contributed by atoms with Gasteiger partial charge in [0.15, 0.2) is 0 Å². The zero-order valence-electron chi connectivity index (χ0n) is 5.81. The van der Waals surface area contributed by atoms with Crippen molar-refractivity contribution in [3.63, 3.8) is 0 Å². The highest BCUT2D eigenvalue weighted by atomic mass is 16.5. The molecule has 1 heteroatoms. The van der Waals surface area contributed by atoms with Crippen LogP contribution in [0.4, 0.5) is 0 Å². The Labute approximate surface area is 56.4 Å². The van der Waals surface area contributed by atoms with Crippen molar-refractivity contribution in [2.45, 2.75) is 38.2 Å². The average Bonchev–Trinajstić information content (AvgIpc) is 2.11. The van der Waals surface area contributed by atoms with E-state index in [4.69, 9.17) is 4.74 Å². The predicted molar refractivity (Wildman–Crippen MR) is 36.3 cm³/mol. The van der Waals surface area contributed by atoms with Crippen molar-refractivity contribution in [2.24, 2.45) is 5.92 Å². The Hall–Kier alpha value is -0.0400. The van der Waals surface area contributed by atoms with Gasteiger partial charge in [-0.3, -0.25) is 0 Å². The second kappa shape index (κ2) is 2.30. The van der Waals surface area contributed by atoms with Gasteiger partial charge in [0.2, 0.25) is 0 Å². The smallest absolute Gasteiger partial charge is 0.0625 e. The number of rotatable bonds is 1. The maximum Gasteiger partial charge on any atom is 0.0625 e. The number of ether oxygens (including phenoxy) is 1. The average molecular weight is 126 g/mol. The van der Waals surface area contributed by atoms with Crippen LogP contribution < -0.4 is 0 Å². The molecule has 0 aromatic carbocycles. The molecular weight excluding hydrogens is 112 g/mol. The topological polar surface area (TPSA) is 9.23 Å². The molecule has 0 radical (unpaired) electrons. The van der Waals surface area contributed by atoms with E-state index >= 15 is 0 Å². The minimum absolute atomic E-state index is 0.674. The normalized spacial score (nSPS) is 36.7. The molecule has 0 aromatic rings. The predicted octanol–water partition coefficient (Wildman–Crippen LogP) is 1.97. The van der Waals surface area contributed by atoms with Gasteiger partial charge in [0, 0.05) is 6.61 Å². The van der Waals surface area contributed by atoms with E-state index in [0.29, 0.717) is 6.10 Å². The van der Waals surface area contributed by atoms with Crippen LogP contribution in [0.2, 0.25) is 0 Å². The third-order valence-electron chi connectivity index (χ3n) is 2.66. The lowest BCUT2D eigenvalue weighted by atomic mass is 9.95. The van der Waals surface area contributed by atoms with E-state index in [1.165, 1.54) is 32.1 Å². The molecule has 0 amide bonds. The van der Waals surface area contributed by atoms with Gasteiger partial charge in [0.1, 0.15) is 0 Å². The van der Waals surface area contributed by atoms with E-state index < -0.39 is 0 Å². The van der Waals surface area contributed by atoms with Crippen LogP contribution in [0.15, 0.2) is 0 Å². The zero-order valence-corrected chi connectivity index (χ0v) is 5.81. The highest BCUT2D eigenvalue weighted by molar-refractivity contribution is 4.79. The Morgan fingerprint density at radius 1 is 1.00 bits per heavy atom. The van der Waals surface area contributed by atoms with Gasteiger partial charge in [-0.15, -0.1) is 0 Å². The minimum atomic E-state index is 0.674. The van der Waals surface area contributed by atoms with E-state index in [1.807, 2.05) is 0 Å². The first kappa shape index (κ1) is 5.72. The SMILES string of the molecule is C1CCC(C2CCO2)C1. The van der Waals surface area contributed by atoms with Crippen molar-refractivity contribution < 1.29 is 4.74 Å². The Morgan fingerprint density at radius 3 is 2.11 bits per heavy atom. The van der Waals surface area contributed by atoms with Gasteiger partial charge in [-0.05, 0) is 25.2 Å². The van der Waals surface area contributed by atoms with E-state index in [2.05, 4.69) is 0 Å². The summed E-state index contributed by atoms with van der Waals surface area (Å²) in [6.45, 7) is 1.03. The van der Waals surface area contributed by atoms with Crippen molar-refractivity contribution in [3.05, 3.63) is 0 Å². The van der Waals surface area contributed by atoms with Crippen molar-refractivity contribution in [1.82, 2.24) is 0 Å². The maximum absolute atomic E-state index is 5.41. The zero-order chi connectivity index (χ0) is 6.10. The maximum atomic E-state index is 5.41. The van der Waals surface area contributed by atoms with Crippen LogP contribution in [-0.2, 0) is 4.74 Å². The number of hydrogen-bond donors (Lipinski definition) is 0. The highest BCUT2D eigenvalue weighted by Crippen LogP contribution is 2.33. The molecule has 2 aliphatic rings. The molecule has 0 bridgehead atoms. The Morgan fingerprint density at radius 2 is 1.67 bits per heavy atom. The summed E-state index contributed by atoms with van der Waals surface area (Å²) in [5.74, 6) is 0.943. The monoisotopic (exact) mass is 126 g/mol. The summed E-state index contributed by atoms with van der Waals surface area (Å²) in [6, 6.07) is 0. The van der Waals surface area contributed by atoms with Crippen LogP contribution in [0.1, 0.15) is 32.1 Å². The lowest BCUT2D eigenvalue weighted by molar-refractivity contribution is -0.0829. The van der Waals surface area contributed by atoms with Crippen LogP contribution in [0.3, 0.4) is 0 Å². The van der Waals surface area contributed by atoms with Gasteiger partial charge in [-0.1, -0.05) is 12.8 Å². The Balaban J connectivity index is 1.82. The molecule has 1 unspecified atom stereocenters. The Kier molecular flexibility index (Phi) is 1.46. The van der Waals surface area contributed by atoms with E-state index in [9.17, 15) is 0 Å². The number of hydrogen-bond acceptors (Lipinski definition) is 1. The summed E-state index contributed by atoms with van der Waals surface area (Å²) in [5.41, 5.74) is 0. The van der Waals surface area contributed by atoms with Gasteiger partial charge in [-0.2, -0.15) is 0 Å². The summed E-state index contributed by atoms with van der Waals surface area (Å²) in [6.07, 6.45) is 7.78. The molecule has 2 rings (SSSR count). The summed E-state index contributed by atoms with van der Waals surface area (Å²) in [7, 11) is 0. The van der Waals surface area contributed by atoms with Gasteiger partial charge < -0.3 is 4.74 Å². The lowest BCUT2D eigenvalue weighted by Gasteiger charge is -2.31. The molecule has 2 fully saturated rings. The molecule has 1 saturated heterocycles. The lowest BCUT2D eigenvalue weighted by Crippen LogP contribution is -2.32. The van der Waals surface area contributed by atoms with Crippen LogP contribution >= 0.6 is 0 Å². The molecule has 1 atom stereocenters. The van der Waals surface area contributed by atoms with Crippen LogP contribution in [-0.4, -0.2) is 12.7 Å². The van der Waals surface area contributed by atoms with E-state index in [1.54, 1.807) is 0 Å². The van der Waals surface area contributed by atoms with E-state index in [0.717, 1.165) is 12.5 Å². The first-order valence-electron chi connectivity index (χ1n) is 4.08. The fourth-order valence-electron chi connectivity index (χ4n) is 1.95. The first-order chi connectivity index (χ1) is 4.47. The molecule has 1 saturated carbocycles. The third kappa shape index (κ3) is 0.983. The molecule has 9 heavy (non-hydrogen) atoms. The summed E-state index contributed by atoms with van der Waals surface area (Å²) in [4.78, 5) is 0. The molecule has 1 aliphatic carbocycles. The van der Waals surface area contributed by atoms with Gasteiger partial charge in [0.05, 0.1) is 6.10 Å². The molecule has 1 nitrogen and oxygen atoms in total. The fourth-order valence-corrected chi connectivity index (χ4v) is 1.95. The molecular formula is C8H14O. The Bertz CT molecular complexity index is 90.7. The second-order valence-corrected chi connectivity index (χ2v) is 3.24. The van der Waals surface area contributed by atoms with Crippen LogP contribution in [0, 0.1) is 5.92 Å². The van der Waals surface area contributed by atoms with Crippen molar-refractivity contribution in [3.8, 4) is 0 Å². The molecule has 1 heterocycles. The minimum Gasteiger partial charge on any atom is -0.378 e. The molecule has 1 aliphatic heterocycles. The van der Waals surface area contributed by atoms with Crippen molar-refractivity contribution in [1.29, 1.82) is 0 Å².